The molecule has 1 amide bonds. The molecule has 1 saturated heterocycles. The molecule has 1 aliphatic heterocycles. The molecule has 154 valence electrons. The minimum absolute atomic E-state index is 0. The standard InChI is InChI=1S/C20H29N7O.2H2/c1-13(2)15-12-18(25-26-19(15)20(28)21-4)24-17-11-14(3)22-16(23-17)7-10-27-8-5-6-9-27;;/h11-13H,5-10H2,1-4H3,(H,21,28)(H,22,23,24,25);2*1H. The Bertz CT molecular complexity index is 842. The highest BCUT2D eigenvalue weighted by molar-refractivity contribution is 5.93. The molecule has 0 radical (unpaired) electrons. The Morgan fingerprint density at radius 2 is 1.93 bits per heavy atom. The first-order valence-electron chi connectivity index (χ1n) is 9.90. The van der Waals surface area contributed by atoms with Crippen molar-refractivity contribution in [3.05, 3.63) is 34.9 Å². The molecular formula is C20H33N7O. The molecule has 0 aromatic carbocycles. The number of nitrogens with one attached hydrogen (secondary N) is 2. The average molecular weight is 388 g/mol. The van der Waals surface area contributed by atoms with Crippen molar-refractivity contribution in [2.75, 3.05) is 32.0 Å². The van der Waals surface area contributed by atoms with Gasteiger partial charge < -0.3 is 15.5 Å². The van der Waals surface area contributed by atoms with E-state index in [9.17, 15) is 4.79 Å². The predicted octanol–water partition coefficient (Wildman–Crippen LogP) is 2.93. The molecule has 0 unspecified atom stereocenters. The molecule has 3 heterocycles. The molecule has 3 rings (SSSR count). The molecular weight excluding hydrogens is 354 g/mol. The Morgan fingerprint density at radius 3 is 2.61 bits per heavy atom. The number of carbonyl (C=O) groups excluding carboxylic acids is 1. The fraction of sp³-hybridized carbons (Fsp3) is 0.550. The second kappa shape index (κ2) is 9.05. The van der Waals surface area contributed by atoms with Crippen LogP contribution < -0.4 is 10.6 Å². The second-order valence-electron chi connectivity index (χ2n) is 7.50. The highest BCUT2D eigenvalue weighted by Crippen LogP contribution is 2.22. The number of aromatic nitrogens is 4. The normalized spacial score (nSPS) is 14.5. The van der Waals surface area contributed by atoms with E-state index in [1.165, 1.54) is 25.9 Å². The van der Waals surface area contributed by atoms with Crippen LogP contribution >= 0.6 is 0 Å². The van der Waals surface area contributed by atoms with E-state index >= 15 is 0 Å². The minimum atomic E-state index is -0.232. The lowest BCUT2D eigenvalue weighted by molar-refractivity contribution is 0.0955. The minimum Gasteiger partial charge on any atom is -0.354 e. The largest absolute Gasteiger partial charge is 0.354 e. The SMILES string of the molecule is CNC(=O)c1nnc(Nc2cc(C)nc(CCN3CCCC3)n2)cc1C(C)C.[HH].[HH]. The number of rotatable bonds is 7. The van der Waals surface area contributed by atoms with Gasteiger partial charge in [0.25, 0.3) is 5.91 Å². The van der Waals surface area contributed by atoms with E-state index in [2.05, 4.69) is 35.7 Å². The summed E-state index contributed by atoms with van der Waals surface area (Å²) < 4.78 is 0. The molecule has 0 spiro atoms. The number of nitrogens with zero attached hydrogens (tertiary/aromatic N) is 5. The summed E-state index contributed by atoms with van der Waals surface area (Å²) in [7, 11) is 1.59. The van der Waals surface area contributed by atoms with E-state index in [4.69, 9.17) is 0 Å². The summed E-state index contributed by atoms with van der Waals surface area (Å²) in [6.45, 7) is 9.34. The van der Waals surface area contributed by atoms with Gasteiger partial charge in [-0.2, -0.15) is 0 Å². The van der Waals surface area contributed by atoms with Crippen molar-refractivity contribution in [2.45, 2.75) is 46.0 Å². The zero-order chi connectivity index (χ0) is 20.1. The smallest absolute Gasteiger partial charge is 0.271 e. The van der Waals surface area contributed by atoms with Crippen LogP contribution in [0, 0.1) is 6.92 Å². The number of aryl methyl sites for hydroxylation is 1. The highest BCUT2D eigenvalue weighted by atomic mass is 16.1. The van der Waals surface area contributed by atoms with E-state index in [1.54, 1.807) is 7.05 Å². The van der Waals surface area contributed by atoms with E-state index < -0.39 is 0 Å². The summed E-state index contributed by atoms with van der Waals surface area (Å²) >= 11 is 0. The first-order chi connectivity index (χ1) is 13.5. The summed E-state index contributed by atoms with van der Waals surface area (Å²) in [5.41, 5.74) is 2.11. The third-order valence-corrected chi connectivity index (χ3v) is 4.89. The van der Waals surface area contributed by atoms with E-state index in [1.807, 2.05) is 32.9 Å². The van der Waals surface area contributed by atoms with Gasteiger partial charge in [0.1, 0.15) is 11.6 Å². The quantitative estimate of drug-likeness (QED) is 0.754. The molecule has 1 fully saturated rings. The molecule has 0 bridgehead atoms. The van der Waals surface area contributed by atoms with Crippen molar-refractivity contribution in [1.82, 2.24) is 30.4 Å². The number of anilines is 2. The van der Waals surface area contributed by atoms with Crippen LogP contribution in [0.2, 0.25) is 0 Å². The van der Waals surface area contributed by atoms with E-state index in [-0.39, 0.29) is 14.7 Å². The maximum atomic E-state index is 12.0. The second-order valence-corrected chi connectivity index (χ2v) is 7.50. The van der Waals surface area contributed by atoms with Crippen molar-refractivity contribution < 1.29 is 7.65 Å². The van der Waals surface area contributed by atoms with Crippen molar-refractivity contribution >= 4 is 17.5 Å². The number of hydrogen-bond donors (Lipinski definition) is 2. The zero-order valence-corrected chi connectivity index (χ0v) is 17.1. The molecule has 28 heavy (non-hydrogen) atoms. The topological polar surface area (TPSA) is 95.9 Å². The molecule has 2 N–H and O–H groups in total. The van der Waals surface area contributed by atoms with Gasteiger partial charge >= 0.3 is 0 Å². The average Bonchev–Trinajstić information content (AvgIpc) is 3.19. The first-order valence-corrected chi connectivity index (χ1v) is 9.90. The monoisotopic (exact) mass is 387 g/mol. The zero-order valence-electron chi connectivity index (χ0n) is 17.1. The third kappa shape index (κ3) is 5.01. The molecule has 2 aromatic heterocycles. The highest BCUT2D eigenvalue weighted by Gasteiger charge is 2.17. The Kier molecular flexibility index (Phi) is 6.51. The maximum absolute atomic E-state index is 12.0. The van der Waals surface area contributed by atoms with Crippen LogP contribution in [0.5, 0.6) is 0 Å². The third-order valence-electron chi connectivity index (χ3n) is 4.89. The molecule has 2 aromatic rings. The molecule has 0 saturated carbocycles. The number of likely N-dealkylation sites (tertiary alicyclic amines) is 1. The Hall–Kier alpha value is -2.61. The van der Waals surface area contributed by atoms with Gasteiger partial charge in [-0.25, -0.2) is 9.97 Å². The van der Waals surface area contributed by atoms with Gasteiger partial charge in [0, 0.05) is 34.6 Å². The van der Waals surface area contributed by atoms with Crippen LogP contribution in [-0.4, -0.2) is 57.7 Å². The summed E-state index contributed by atoms with van der Waals surface area (Å²) in [5.74, 6) is 2.00. The van der Waals surface area contributed by atoms with E-state index in [0.29, 0.717) is 17.3 Å². The molecule has 0 atom stereocenters. The Balaban J connectivity index is 0.00000225. The first kappa shape index (κ1) is 20.1. The van der Waals surface area contributed by atoms with Gasteiger partial charge in [-0.05, 0) is 50.4 Å². The summed E-state index contributed by atoms with van der Waals surface area (Å²) in [5, 5.41) is 14.1. The fourth-order valence-corrected chi connectivity index (χ4v) is 3.40. The Labute approximate surface area is 169 Å². The van der Waals surface area contributed by atoms with Gasteiger partial charge in [-0.3, -0.25) is 4.79 Å². The lowest BCUT2D eigenvalue weighted by Gasteiger charge is -2.15. The van der Waals surface area contributed by atoms with Crippen LogP contribution in [0.4, 0.5) is 11.6 Å². The van der Waals surface area contributed by atoms with Gasteiger partial charge in [-0.1, -0.05) is 13.8 Å². The van der Waals surface area contributed by atoms with Crippen LogP contribution in [0.25, 0.3) is 0 Å². The predicted molar refractivity (Wildman–Crippen MR) is 113 cm³/mol. The van der Waals surface area contributed by atoms with Crippen molar-refractivity contribution in [3.8, 4) is 0 Å². The van der Waals surface area contributed by atoms with Crippen LogP contribution in [-0.2, 0) is 6.42 Å². The number of carbonyl (C=O) groups is 1. The molecule has 8 nitrogen and oxygen atoms in total. The van der Waals surface area contributed by atoms with Crippen LogP contribution in [0.3, 0.4) is 0 Å². The van der Waals surface area contributed by atoms with Gasteiger partial charge in [0.2, 0.25) is 0 Å². The fourth-order valence-electron chi connectivity index (χ4n) is 3.40. The summed E-state index contributed by atoms with van der Waals surface area (Å²) in [6.07, 6.45) is 3.39. The number of hydrogen-bond acceptors (Lipinski definition) is 7. The summed E-state index contributed by atoms with van der Waals surface area (Å²) in [6, 6.07) is 3.76. The van der Waals surface area contributed by atoms with Gasteiger partial charge in [0.05, 0.1) is 0 Å². The summed E-state index contributed by atoms with van der Waals surface area (Å²) in [4.78, 5) is 23.7. The van der Waals surface area contributed by atoms with Gasteiger partial charge in [-0.15, -0.1) is 10.2 Å². The molecule has 8 heteroatoms. The van der Waals surface area contributed by atoms with Crippen molar-refractivity contribution in [3.63, 3.8) is 0 Å². The molecule has 0 aliphatic carbocycles. The van der Waals surface area contributed by atoms with Crippen LogP contribution in [0.1, 0.15) is 63.0 Å². The number of amides is 1. The van der Waals surface area contributed by atoms with Gasteiger partial charge in [0.15, 0.2) is 11.5 Å². The van der Waals surface area contributed by atoms with E-state index in [0.717, 1.165) is 30.0 Å². The Morgan fingerprint density at radius 1 is 1.18 bits per heavy atom. The van der Waals surface area contributed by atoms with Crippen molar-refractivity contribution in [2.24, 2.45) is 0 Å². The lowest BCUT2D eigenvalue weighted by atomic mass is 10.0. The van der Waals surface area contributed by atoms with Crippen LogP contribution in [0.15, 0.2) is 12.1 Å². The lowest BCUT2D eigenvalue weighted by Crippen LogP contribution is -2.23. The maximum Gasteiger partial charge on any atom is 0.271 e. The van der Waals surface area contributed by atoms with Crippen molar-refractivity contribution in [1.29, 1.82) is 0 Å². The molecule has 1 aliphatic rings.